The molecule has 172 valence electrons. The number of fused-ring (bicyclic) bond motifs is 4. The van der Waals surface area contributed by atoms with Gasteiger partial charge in [-0.3, -0.25) is 0 Å². The molecule has 1 nitrogen and oxygen atoms in total. The first kappa shape index (κ1) is 23.3. The van der Waals surface area contributed by atoms with E-state index in [1.165, 1.54) is 49.1 Å². The average molecular weight is 695 g/mol. The van der Waals surface area contributed by atoms with Gasteiger partial charge in [-0.25, -0.2) is 0 Å². The van der Waals surface area contributed by atoms with Crippen molar-refractivity contribution in [3.05, 3.63) is 109 Å². The van der Waals surface area contributed by atoms with Crippen molar-refractivity contribution in [1.82, 2.24) is 4.98 Å². The number of rotatable bonds is 3. The molecule has 35 heavy (non-hydrogen) atoms. The van der Waals surface area contributed by atoms with Crippen LogP contribution in [0.5, 0.6) is 0 Å². The van der Waals surface area contributed by atoms with Crippen LogP contribution < -0.4 is 5.30 Å². The molecule has 1 heterocycles. The van der Waals surface area contributed by atoms with Crippen LogP contribution in [0.4, 0.5) is 0 Å². The molecule has 0 bridgehead atoms. The van der Waals surface area contributed by atoms with Gasteiger partial charge in [-0.15, -0.1) is 0 Å². The summed E-state index contributed by atoms with van der Waals surface area (Å²) in [5, 5.41) is 6.25. The molecule has 0 saturated carbocycles. The Bertz CT molecular complexity index is 1720. The Morgan fingerprint density at radius 2 is 1.11 bits per heavy atom. The summed E-state index contributed by atoms with van der Waals surface area (Å²) in [6.45, 7) is 4.76. The number of hydrogen-bond acceptors (Lipinski definition) is 1. The third-order valence-corrected chi connectivity index (χ3v) is 11.7. The second-order valence-electron chi connectivity index (χ2n) is 9.61. The van der Waals surface area contributed by atoms with Gasteiger partial charge in [0.1, 0.15) is 0 Å². The minimum absolute atomic E-state index is 1.03. The zero-order valence-electron chi connectivity index (χ0n) is 19.5. The summed E-state index contributed by atoms with van der Waals surface area (Å²) in [6.07, 6.45) is 0. The molecule has 1 aromatic heterocycles. The zero-order chi connectivity index (χ0) is 24.2. The number of nitrogens with zero attached hydrogens (tertiary/aromatic N) is 1. The summed E-state index contributed by atoms with van der Waals surface area (Å²) in [6, 6.07) is 39.6. The van der Waals surface area contributed by atoms with Gasteiger partial charge in [0.05, 0.1) is 0 Å². The Labute approximate surface area is 231 Å². The van der Waals surface area contributed by atoms with Crippen LogP contribution >= 0.6 is 46.0 Å². The molecule has 0 spiro atoms. The van der Waals surface area contributed by atoms with Gasteiger partial charge in [0.15, 0.2) is 0 Å². The van der Waals surface area contributed by atoms with Gasteiger partial charge in [0.2, 0.25) is 0 Å². The fourth-order valence-electron chi connectivity index (χ4n) is 4.83. The van der Waals surface area contributed by atoms with E-state index in [4.69, 9.17) is 4.98 Å². The van der Waals surface area contributed by atoms with E-state index >= 15 is 0 Å². The van der Waals surface area contributed by atoms with Crippen molar-refractivity contribution in [3.63, 3.8) is 0 Å². The van der Waals surface area contributed by atoms with E-state index < -0.39 is 1.89 Å². The first-order valence-electron chi connectivity index (χ1n) is 11.6. The van der Waals surface area contributed by atoms with E-state index in [1.807, 2.05) is 0 Å². The monoisotopic (exact) mass is 695 g/mol. The Kier molecular flexibility index (Phi) is 5.66. The van der Waals surface area contributed by atoms with Crippen molar-refractivity contribution < 1.29 is 0 Å². The van der Waals surface area contributed by atoms with E-state index in [2.05, 4.69) is 167 Å². The Hall–Kier alpha value is -2.08. The van der Waals surface area contributed by atoms with Crippen molar-refractivity contribution in [2.24, 2.45) is 0 Å². The van der Waals surface area contributed by atoms with Crippen molar-refractivity contribution in [2.45, 2.75) is 0 Å². The summed E-state index contributed by atoms with van der Waals surface area (Å²) >= 11 is 5.29. The van der Waals surface area contributed by atoms with Gasteiger partial charge in [0.25, 0.3) is 0 Å². The quantitative estimate of drug-likeness (QED) is 0.0778. The first-order valence-corrected chi connectivity index (χ1v) is 20.3. The van der Waals surface area contributed by atoms with Gasteiger partial charge in [-0.1, -0.05) is 30.3 Å². The molecule has 0 amide bonds. The molecule has 0 N–H and O–H groups in total. The number of aromatic nitrogens is 1. The SMILES string of the molecule is CP(C)(I)(I)c1ccc(-c2ccc(-c3c4ccccc4nc4c3ccc3ccccc34)cc2)cc1. The molecule has 0 atom stereocenters. The Morgan fingerprint density at radius 1 is 0.543 bits per heavy atom. The summed E-state index contributed by atoms with van der Waals surface area (Å²) in [5.74, 6) is 0. The van der Waals surface area contributed by atoms with Crippen molar-refractivity contribution in [1.29, 1.82) is 0 Å². The summed E-state index contributed by atoms with van der Waals surface area (Å²) in [4.78, 5) is 5.09. The van der Waals surface area contributed by atoms with Crippen molar-refractivity contribution in [2.75, 3.05) is 13.3 Å². The fraction of sp³-hybridized carbons (Fsp3) is 0.0645. The van der Waals surface area contributed by atoms with Crippen LogP contribution in [0.2, 0.25) is 0 Å². The molecule has 6 aromatic rings. The normalized spacial score (nSPS) is 13.2. The summed E-state index contributed by atoms with van der Waals surface area (Å²) in [5.41, 5.74) is 7.06. The third-order valence-electron chi connectivity index (χ3n) is 6.66. The van der Waals surface area contributed by atoms with Crippen LogP contribution in [-0.4, -0.2) is 18.3 Å². The fourth-order valence-corrected chi connectivity index (χ4v) is 7.73. The number of halogens is 2. The number of benzene rings is 5. The van der Waals surface area contributed by atoms with E-state index in [-0.39, 0.29) is 0 Å². The van der Waals surface area contributed by atoms with E-state index in [0.717, 1.165) is 11.0 Å². The second-order valence-corrected chi connectivity index (χ2v) is 36.6. The van der Waals surface area contributed by atoms with Crippen LogP contribution in [0.3, 0.4) is 0 Å². The maximum absolute atomic E-state index is 5.09. The maximum atomic E-state index is 5.09. The van der Waals surface area contributed by atoms with Gasteiger partial charge >= 0.3 is 198 Å². The third kappa shape index (κ3) is 4.36. The number of hydrogen-bond donors (Lipinski definition) is 0. The standard InChI is InChI=1S/C31H24I2NP/c1-35(2,32,33)25-18-15-22(16-19-25)21-11-13-24(14-12-21)30-27-9-5-6-10-29(27)34-31-26-8-4-3-7-23(26)17-20-28(30)31/h3-20H,1-2H3. The predicted octanol–water partition coefficient (Wildman–Crippen LogP) is 10.0. The minimum atomic E-state index is -1.82. The predicted molar refractivity (Wildman–Crippen MR) is 174 cm³/mol. The molecule has 0 unspecified atom stereocenters. The van der Waals surface area contributed by atoms with Gasteiger partial charge in [0, 0.05) is 0 Å². The van der Waals surface area contributed by atoms with Crippen LogP contribution in [0.15, 0.2) is 109 Å². The Balaban J connectivity index is 1.51. The van der Waals surface area contributed by atoms with Crippen LogP contribution in [-0.2, 0) is 0 Å². The zero-order valence-corrected chi connectivity index (χ0v) is 24.8. The molecule has 5 aromatic carbocycles. The van der Waals surface area contributed by atoms with E-state index in [9.17, 15) is 0 Å². The van der Waals surface area contributed by atoms with Gasteiger partial charge < -0.3 is 0 Å². The van der Waals surface area contributed by atoms with Crippen LogP contribution in [0, 0.1) is 0 Å². The van der Waals surface area contributed by atoms with E-state index in [1.54, 1.807) is 0 Å². The molecular formula is C31H24I2NP. The van der Waals surface area contributed by atoms with Crippen molar-refractivity contribution in [3.8, 4) is 22.3 Å². The molecule has 6 rings (SSSR count). The molecular weight excluding hydrogens is 671 g/mol. The summed E-state index contributed by atoms with van der Waals surface area (Å²) in [7, 11) is 0. The molecule has 0 radical (unpaired) electrons. The number of para-hydroxylation sites is 1. The first-order chi connectivity index (χ1) is 16.7. The van der Waals surface area contributed by atoms with E-state index in [0.29, 0.717) is 0 Å². The molecule has 4 heteroatoms. The topological polar surface area (TPSA) is 12.9 Å². The van der Waals surface area contributed by atoms with Crippen LogP contribution in [0.1, 0.15) is 0 Å². The Morgan fingerprint density at radius 3 is 1.80 bits per heavy atom. The van der Waals surface area contributed by atoms with Crippen molar-refractivity contribution >= 4 is 83.9 Å². The molecule has 0 aliphatic rings. The van der Waals surface area contributed by atoms with Gasteiger partial charge in [-0.2, -0.15) is 0 Å². The molecule has 0 aliphatic carbocycles. The average Bonchev–Trinajstić information content (AvgIpc) is 2.86. The molecule has 0 fully saturated rings. The molecule has 0 saturated heterocycles. The van der Waals surface area contributed by atoms with Gasteiger partial charge in [-0.05, 0) is 5.39 Å². The van der Waals surface area contributed by atoms with Crippen LogP contribution in [0.25, 0.3) is 54.8 Å². The summed E-state index contributed by atoms with van der Waals surface area (Å²) < 4.78 is -1.82. The second kappa shape index (κ2) is 8.50. The molecule has 0 aliphatic heterocycles. The number of pyridine rings is 1.